The molecule has 12 nitrogen and oxygen atoms in total. The van der Waals surface area contributed by atoms with Gasteiger partial charge in [0.25, 0.3) is 5.91 Å². The van der Waals surface area contributed by atoms with E-state index < -0.39 is 17.2 Å². The highest BCUT2D eigenvalue weighted by atomic mass is 35.5. The van der Waals surface area contributed by atoms with Gasteiger partial charge in [0.2, 0.25) is 17.0 Å². The topological polar surface area (TPSA) is 141 Å². The maximum atomic E-state index is 13.4. The van der Waals surface area contributed by atoms with Crippen molar-refractivity contribution < 1.29 is 23.8 Å². The Labute approximate surface area is 244 Å². The summed E-state index contributed by atoms with van der Waals surface area (Å²) < 4.78 is 17.8. The normalized spacial score (nSPS) is 16.1. The molecular weight excluding hydrogens is 570 g/mol. The minimum absolute atomic E-state index is 0.0412. The van der Waals surface area contributed by atoms with Crippen LogP contribution in [0.3, 0.4) is 0 Å². The van der Waals surface area contributed by atoms with E-state index in [9.17, 15) is 9.59 Å². The summed E-state index contributed by atoms with van der Waals surface area (Å²) in [4.78, 5) is 45.5. The zero-order valence-corrected chi connectivity index (χ0v) is 24.5. The average molecular weight is 598 g/mol. The van der Waals surface area contributed by atoms with Gasteiger partial charge in [-0.15, -0.1) is 11.3 Å². The number of halogens is 1. The van der Waals surface area contributed by atoms with Crippen LogP contribution in [0, 0.1) is 0 Å². The molecule has 4 aromatic rings. The SMILES string of the molecule is CCOCc1cnc(Cl)nc1Oc1cnc2c(ccc3sc4c(c32)NCC2(CN(C(=O)OC(C)(C)C)C2)NC4=O)n1. The highest BCUT2D eigenvalue weighted by Gasteiger charge is 2.49. The first-order valence-electron chi connectivity index (χ1n) is 13.1. The molecule has 2 aliphatic rings. The van der Waals surface area contributed by atoms with E-state index in [1.54, 1.807) is 11.1 Å². The third-order valence-corrected chi connectivity index (χ3v) is 7.96. The molecule has 2 N–H and O–H groups in total. The molecule has 6 rings (SSSR count). The van der Waals surface area contributed by atoms with Gasteiger partial charge in [-0.1, -0.05) is 0 Å². The number of fused-ring (bicyclic) bond motifs is 5. The maximum Gasteiger partial charge on any atom is 0.410 e. The van der Waals surface area contributed by atoms with Crippen molar-refractivity contribution >= 4 is 61.7 Å². The number of anilines is 1. The number of hydrogen-bond acceptors (Lipinski definition) is 11. The summed E-state index contributed by atoms with van der Waals surface area (Å²) in [6, 6.07) is 3.75. The molecule has 5 heterocycles. The lowest BCUT2D eigenvalue weighted by Gasteiger charge is -2.49. The lowest BCUT2D eigenvalue weighted by Crippen LogP contribution is -2.73. The number of ether oxygens (including phenoxy) is 3. The molecule has 0 aliphatic carbocycles. The van der Waals surface area contributed by atoms with Crippen molar-refractivity contribution in [2.75, 3.05) is 31.6 Å². The predicted octanol–water partition coefficient (Wildman–Crippen LogP) is 4.76. The molecule has 1 aromatic carbocycles. The van der Waals surface area contributed by atoms with Crippen molar-refractivity contribution in [3.63, 3.8) is 0 Å². The van der Waals surface area contributed by atoms with Crippen LogP contribution in [0.15, 0.2) is 24.5 Å². The van der Waals surface area contributed by atoms with E-state index in [-0.39, 0.29) is 29.6 Å². The van der Waals surface area contributed by atoms with Gasteiger partial charge in [-0.25, -0.2) is 19.7 Å². The number of benzene rings is 1. The van der Waals surface area contributed by atoms with E-state index in [2.05, 4.69) is 30.6 Å². The summed E-state index contributed by atoms with van der Waals surface area (Å²) in [6.45, 7) is 9.30. The quantitative estimate of drug-likeness (QED) is 0.309. The van der Waals surface area contributed by atoms with Crippen molar-refractivity contribution in [1.29, 1.82) is 0 Å². The van der Waals surface area contributed by atoms with E-state index in [4.69, 9.17) is 25.8 Å². The zero-order chi connectivity index (χ0) is 28.9. The molecule has 0 bridgehead atoms. The highest BCUT2D eigenvalue weighted by molar-refractivity contribution is 7.21. The Bertz CT molecular complexity index is 1680. The van der Waals surface area contributed by atoms with E-state index >= 15 is 0 Å². The van der Waals surface area contributed by atoms with Gasteiger partial charge in [0.1, 0.15) is 10.5 Å². The second-order valence-electron chi connectivity index (χ2n) is 11.0. The first-order chi connectivity index (χ1) is 19.5. The monoisotopic (exact) mass is 597 g/mol. The van der Waals surface area contributed by atoms with Crippen LogP contribution in [0.1, 0.15) is 42.9 Å². The van der Waals surface area contributed by atoms with Crippen LogP contribution < -0.4 is 15.4 Å². The largest absolute Gasteiger partial charge is 0.444 e. The van der Waals surface area contributed by atoms with Crippen LogP contribution in [0.4, 0.5) is 10.5 Å². The van der Waals surface area contributed by atoms with Gasteiger partial charge < -0.3 is 29.7 Å². The Hall–Kier alpha value is -3.81. The number of aromatic nitrogens is 4. The summed E-state index contributed by atoms with van der Waals surface area (Å²) in [5, 5.41) is 7.44. The van der Waals surface area contributed by atoms with Crippen LogP contribution in [0.5, 0.6) is 11.8 Å². The number of thiophene rings is 1. The molecule has 0 radical (unpaired) electrons. The number of likely N-dealkylation sites (tertiary alicyclic amines) is 1. The van der Waals surface area contributed by atoms with Crippen LogP contribution in [-0.4, -0.2) is 74.2 Å². The third-order valence-electron chi connectivity index (χ3n) is 6.63. The molecule has 214 valence electrons. The molecule has 3 aromatic heterocycles. The van der Waals surface area contributed by atoms with Crippen molar-refractivity contribution in [2.45, 2.75) is 45.4 Å². The van der Waals surface area contributed by atoms with Gasteiger partial charge in [0.15, 0.2) is 0 Å². The van der Waals surface area contributed by atoms with Crippen LogP contribution in [-0.2, 0) is 16.1 Å². The van der Waals surface area contributed by atoms with Gasteiger partial charge in [-0.2, -0.15) is 4.98 Å². The van der Waals surface area contributed by atoms with Gasteiger partial charge in [-0.05, 0) is 51.4 Å². The Balaban J connectivity index is 1.27. The first-order valence-corrected chi connectivity index (χ1v) is 14.3. The number of hydrogen-bond donors (Lipinski definition) is 2. The Morgan fingerprint density at radius 3 is 2.76 bits per heavy atom. The number of nitrogens with one attached hydrogen (secondary N) is 2. The first kappa shape index (κ1) is 27.4. The lowest BCUT2D eigenvalue weighted by molar-refractivity contribution is -0.0123. The van der Waals surface area contributed by atoms with Crippen LogP contribution in [0.2, 0.25) is 5.28 Å². The molecule has 1 spiro atoms. The van der Waals surface area contributed by atoms with E-state index in [1.807, 2.05) is 39.8 Å². The second kappa shape index (κ2) is 10.2. The van der Waals surface area contributed by atoms with Gasteiger partial charge in [0, 0.05) is 29.4 Å². The number of nitrogens with zero attached hydrogens (tertiary/aromatic N) is 5. The molecule has 1 fully saturated rings. The van der Waals surface area contributed by atoms with Crippen molar-refractivity contribution in [2.24, 2.45) is 0 Å². The van der Waals surface area contributed by atoms with E-state index in [1.165, 1.54) is 17.5 Å². The molecule has 2 aliphatic heterocycles. The second-order valence-corrected chi connectivity index (χ2v) is 12.3. The standard InChI is InChI=1S/C27H28ClN7O5S/c1-5-38-10-14-8-30-24(28)33-23(14)39-17-9-29-19-15(32-17)6-7-16-18(19)20-21(41-16)22(36)34-27(11-31-20)12-35(13-27)25(37)40-26(2,3)4/h6-9,31H,5,10-13H2,1-4H3,(H,34,36). The minimum atomic E-state index is -0.589. The van der Waals surface area contributed by atoms with Crippen LogP contribution in [0.25, 0.3) is 21.1 Å². The summed E-state index contributed by atoms with van der Waals surface area (Å²) in [5.41, 5.74) is 1.36. The van der Waals surface area contributed by atoms with Gasteiger partial charge in [0.05, 0.1) is 53.7 Å². The van der Waals surface area contributed by atoms with E-state index in [0.717, 1.165) is 10.1 Å². The van der Waals surface area contributed by atoms with Crippen molar-refractivity contribution in [3.8, 4) is 11.8 Å². The van der Waals surface area contributed by atoms with Gasteiger partial charge in [-0.3, -0.25) is 4.79 Å². The lowest BCUT2D eigenvalue weighted by atomic mass is 9.90. The molecule has 14 heteroatoms. The van der Waals surface area contributed by atoms with Crippen LogP contribution >= 0.6 is 22.9 Å². The molecule has 41 heavy (non-hydrogen) atoms. The number of carbonyl (C=O) groups excluding carboxylic acids is 2. The molecule has 0 unspecified atom stereocenters. The Morgan fingerprint density at radius 2 is 2.00 bits per heavy atom. The number of carbonyl (C=O) groups is 2. The Morgan fingerprint density at radius 1 is 1.20 bits per heavy atom. The van der Waals surface area contributed by atoms with E-state index in [0.29, 0.717) is 53.4 Å². The average Bonchev–Trinajstić information content (AvgIpc) is 3.20. The molecule has 2 amide bonds. The summed E-state index contributed by atoms with van der Waals surface area (Å²) in [6.07, 6.45) is 2.67. The smallest absolute Gasteiger partial charge is 0.410 e. The fourth-order valence-corrected chi connectivity index (χ4v) is 6.03. The minimum Gasteiger partial charge on any atom is -0.444 e. The Kier molecular flexibility index (Phi) is 6.83. The molecule has 0 atom stereocenters. The maximum absolute atomic E-state index is 13.4. The van der Waals surface area contributed by atoms with Crippen molar-refractivity contribution in [1.82, 2.24) is 30.2 Å². The highest BCUT2D eigenvalue weighted by Crippen LogP contribution is 2.42. The number of rotatable bonds is 5. The third kappa shape index (κ3) is 5.32. The summed E-state index contributed by atoms with van der Waals surface area (Å²) >= 11 is 7.38. The summed E-state index contributed by atoms with van der Waals surface area (Å²) in [7, 11) is 0. The van der Waals surface area contributed by atoms with Gasteiger partial charge >= 0.3 is 6.09 Å². The fraction of sp³-hybridized carbons (Fsp3) is 0.407. The zero-order valence-electron chi connectivity index (χ0n) is 22.9. The molecular formula is C27H28ClN7O5S. The van der Waals surface area contributed by atoms with Crippen molar-refractivity contribution in [3.05, 3.63) is 40.3 Å². The predicted molar refractivity (Wildman–Crippen MR) is 154 cm³/mol. The molecule has 0 saturated carbocycles. The fourth-order valence-electron chi connectivity index (χ4n) is 4.83. The summed E-state index contributed by atoms with van der Waals surface area (Å²) in [5.74, 6) is 0.271. The number of amides is 2. The molecule has 1 saturated heterocycles.